The molecule has 6 nitrogen and oxygen atoms in total. The van der Waals surface area contributed by atoms with Crippen molar-refractivity contribution in [2.24, 2.45) is 5.10 Å². The van der Waals surface area contributed by atoms with Crippen molar-refractivity contribution in [3.05, 3.63) is 76.0 Å². The van der Waals surface area contributed by atoms with Crippen molar-refractivity contribution < 1.29 is 13.9 Å². The zero-order chi connectivity index (χ0) is 19.2. The molecular weight excluding hydrogens is 367 g/mol. The van der Waals surface area contributed by atoms with Gasteiger partial charge < -0.3 is 10.5 Å². The van der Waals surface area contributed by atoms with Crippen LogP contribution in [0.2, 0.25) is 0 Å². The van der Waals surface area contributed by atoms with Crippen molar-refractivity contribution in [1.82, 2.24) is 10.4 Å². The number of nitrogens with two attached hydrogens (primary N) is 1. The molecule has 0 aliphatic carbocycles. The molecule has 0 saturated heterocycles. The quantitative estimate of drug-likeness (QED) is 0.503. The highest BCUT2D eigenvalue weighted by molar-refractivity contribution is 7.17. The molecule has 0 fully saturated rings. The molecule has 1 amide bonds. The maximum atomic E-state index is 12.9. The molecule has 8 heteroatoms. The smallest absolute Gasteiger partial charge is 0.283 e. The molecule has 1 heterocycles. The van der Waals surface area contributed by atoms with Gasteiger partial charge in [-0.25, -0.2) is 14.8 Å². The maximum Gasteiger partial charge on any atom is 0.283 e. The fourth-order valence-electron chi connectivity index (χ4n) is 2.24. The van der Waals surface area contributed by atoms with Crippen molar-refractivity contribution in [3.8, 4) is 5.75 Å². The number of hydrogen-bond donors (Lipinski definition) is 2. The summed E-state index contributed by atoms with van der Waals surface area (Å²) in [6.07, 6.45) is 1.53. The van der Waals surface area contributed by atoms with Gasteiger partial charge in [0.2, 0.25) is 0 Å². The number of ether oxygens (including phenoxy) is 1. The molecule has 0 bridgehead atoms. The Bertz CT molecular complexity index is 953. The van der Waals surface area contributed by atoms with E-state index in [2.05, 4.69) is 15.5 Å². The van der Waals surface area contributed by atoms with Gasteiger partial charge in [0, 0.05) is 0 Å². The number of halogens is 1. The summed E-state index contributed by atoms with van der Waals surface area (Å²) in [5.41, 5.74) is 10.3. The van der Waals surface area contributed by atoms with E-state index in [-0.39, 0.29) is 11.7 Å². The predicted octanol–water partition coefficient (Wildman–Crippen LogP) is 3.52. The lowest BCUT2D eigenvalue weighted by atomic mass is 10.2. The van der Waals surface area contributed by atoms with Crippen LogP contribution in [0.4, 0.5) is 9.52 Å². The third-order valence-electron chi connectivity index (χ3n) is 3.60. The van der Waals surface area contributed by atoms with E-state index in [0.717, 1.165) is 22.5 Å². The van der Waals surface area contributed by atoms with Gasteiger partial charge in [0.05, 0.1) is 11.9 Å². The van der Waals surface area contributed by atoms with Gasteiger partial charge in [0.15, 0.2) is 5.13 Å². The van der Waals surface area contributed by atoms with Gasteiger partial charge in [-0.3, -0.25) is 4.79 Å². The molecule has 3 N–H and O–H groups in total. The molecule has 0 aliphatic heterocycles. The van der Waals surface area contributed by atoms with Crippen LogP contribution in [0.5, 0.6) is 5.75 Å². The van der Waals surface area contributed by atoms with E-state index >= 15 is 0 Å². The van der Waals surface area contributed by atoms with Crippen LogP contribution in [-0.2, 0) is 6.61 Å². The number of anilines is 1. The summed E-state index contributed by atoms with van der Waals surface area (Å²) in [5.74, 6) is 0.0527. The van der Waals surface area contributed by atoms with E-state index in [4.69, 9.17) is 10.5 Å². The van der Waals surface area contributed by atoms with Crippen molar-refractivity contribution in [3.63, 3.8) is 0 Å². The van der Waals surface area contributed by atoms with Crippen LogP contribution in [0.1, 0.15) is 26.5 Å². The average Bonchev–Trinajstić information content (AvgIpc) is 3.00. The fourth-order valence-corrected chi connectivity index (χ4v) is 2.96. The van der Waals surface area contributed by atoms with Gasteiger partial charge in [0.1, 0.15) is 23.1 Å². The largest absolute Gasteiger partial charge is 0.489 e. The number of nitrogens with zero attached hydrogens (tertiary/aromatic N) is 2. The Morgan fingerprint density at radius 2 is 1.96 bits per heavy atom. The van der Waals surface area contributed by atoms with Gasteiger partial charge in [-0.1, -0.05) is 23.5 Å². The van der Waals surface area contributed by atoms with E-state index in [1.807, 2.05) is 12.1 Å². The molecule has 0 spiro atoms. The fraction of sp³-hybridized carbons (Fsp3) is 0.105. The second-order valence-corrected chi connectivity index (χ2v) is 6.68. The van der Waals surface area contributed by atoms with Gasteiger partial charge in [-0.2, -0.15) is 5.10 Å². The molecule has 138 valence electrons. The lowest BCUT2D eigenvalue weighted by Gasteiger charge is -2.06. The lowest BCUT2D eigenvalue weighted by molar-refractivity contribution is 0.0958. The number of thiazole rings is 1. The van der Waals surface area contributed by atoms with Crippen LogP contribution in [0, 0.1) is 12.7 Å². The number of hydrazone groups is 1. The minimum Gasteiger partial charge on any atom is -0.489 e. The predicted molar refractivity (Wildman–Crippen MR) is 103 cm³/mol. The zero-order valence-corrected chi connectivity index (χ0v) is 15.3. The summed E-state index contributed by atoms with van der Waals surface area (Å²) in [6.45, 7) is 2.07. The second-order valence-electron chi connectivity index (χ2n) is 5.65. The molecule has 0 aliphatic rings. The third-order valence-corrected chi connectivity index (χ3v) is 4.58. The van der Waals surface area contributed by atoms with E-state index in [1.54, 1.807) is 31.2 Å². The third kappa shape index (κ3) is 5.11. The Labute approximate surface area is 159 Å². The molecule has 2 aromatic carbocycles. The summed E-state index contributed by atoms with van der Waals surface area (Å²) in [7, 11) is 0. The van der Waals surface area contributed by atoms with Crippen LogP contribution < -0.4 is 15.9 Å². The van der Waals surface area contributed by atoms with Gasteiger partial charge >= 0.3 is 0 Å². The molecule has 3 aromatic rings. The Morgan fingerprint density at radius 3 is 2.59 bits per heavy atom. The van der Waals surface area contributed by atoms with Gasteiger partial charge in [-0.05, 0) is 54.4 Å². The monoisotopic (exact) mass is 384 g/mol. The highest BCUT2D eigenvalue weighted by Gasteiger charge is 2.13. The first-order valence-corrected chi connectivity index (χ1v) is 8.86. The van der Waals surface area contributed by atoms with Crippen LogP contribution in [-0.4, -0.2) is 17.1 Å². The molecule has 0 radical (unpaired) electrons. The van der Waals surface area contributed by atoms with Gasteiger partial charge in [-0.15, -0.1) is 0 Å². The van der Waals surface area contributed by atoms with Crippen molar-refractivity contribution in [1.29, 1.82) is 0 Å². The number of amides is 1. The Balaban J connectivity index is 1.52. The molecule has 0 unspecified atom stereocenters. The normalized spacial score (nSPS) is 10.9. The number of nitrogen functional groups attached to an aromatic ring is 1. The highest BCUT2D eigenvalue weighted by atomic mass is 32.1. The van der Waals surface area contributed by atoms with Crippen LogP contribution >= 0.6 is 11.3 Å². The Hall–Kier alpha value is -3.26. The number of aryl methyl sites for hydroxylation is 1. The summed E-state index contributed by atoms with van der Waals surface area (Å²) < 4.78 is 18.5. The van der Waals surface area contributed by atoms with Crippen molar-refractivity contribution >= 4 is 28.6 Å². The van der Waals surface area contributed by atoms with Crippen LogP contribution in [0.25, 0.3) is 0 Å². The molecule has 0 saturated carbocycles. The Kier molecular flexibility index (Phi) is 5.77. The minimum absolute atomic E-state index is 0.275. The summed E-state index contributed by atoms with van der Waals surface area (Å²) in [6, 6.07) is 13.4. The second kappa shape index (κ2) is 8.41. The first-order chi connectivity index (χ1) is 13.0. The number of carbonyl (C=O) groups is 1. The van der Waals surface area contributed by atoms with Crippen LogP contribution in [0.15, 0.2) is 53.6 Å². The first-order valence-electron chi connectivity index (χ1n) is 8.05. The number of nitrogens with one attached hydrogen (secondary N) is 1. The van der Waals surface area contributed by atoms with Crippen molar-refractivity contribution in [2.75, 3.05) is 5.73 Å². The molecule has 1 aromatic heterocycles. The molecule has 27 heavy (non-hydrogen) atoms. The average molecular weight is 384 g/mol. The van der Waals surface area contributed by atoms with E-state index in [1.165, 1.54) is 18.3 Å². The number of aromatic nitrogens is 1. The zero-order valence-electron chi connectivity index (χ0n) is 14.5. The highest BCUT2D eigenvalue weighted by Crippen LogP contribution is 2.19. The summed E-state index contributed by atoms with van der Waals surface area (Å²) >= 11 is 1.12. The topological polar surface area (TPSA) is 89.6 Å². The summed E-state index contributed by atoms with van der Waals surface area (Å²) in [5, 5.41) is 4.28. The number of carbonyl (C=O) groups excluding carboxylic acids is 1. The molecule has 3 rings (SSSR count). The molecular formula is C19H17FN4O2S. The van der Waals surface area contributed by atoms with E-state index < -0.39 is 0 Å². The van der Waals surface area contributed by atoms with E-state index in [9.17, 15) is 9.18 Å². The van der Waals surface area contributed by atoms with Gasteiger partial charge in [0.25, 0.3) is 5.91 Å². The summed E-state index contributed by atoms with van der Waals surface area (Å²) in [4.78, 5) is 16.5. The Morgan fingerprint density at radius 1 is 1.26 bits per heavy atom. The van der Waals surface area contributed by atoms with E-state index in [0.29, 0.717) is 28.1 Å². The minimum atomic E-state index is -0.350. The van der Waals surface area contributed by atoms with Crippen molar-refractivity contribution in [2.45, 2.75) is 13.5 Å². The lowest BCUT2D eigenvalue weighted by Crippen LogP contribution is -2.17. The standard InChI is InChI=1S/C19H17FN4O2S/c1-12-17(27-19(21)23-12)18(25)24-22-10-13-4-8-16(9-5-13)26-11-14-2-6-15(20)7-3-14/h2-10H,11H2,1H3,(H2,21,23)(H,24,25)/b22-10+. The number of hydrogen-bond acceptors (Lipinski definition) is 6. The first kappa shape index (κ1) is 18.5. The maximum absolute atomic E-state index is 12.9. The number of rotatable bonds is 6. The SMILES string of the molecule is Cc1nc(N)sc1C(=O)N/N=C/c1ccc(OCc2ccc(F)cc2)cc1. The van der Waals surface area contributed by atoms with Crippen LogP contribution in [0.3, 0.4) is 0 Å². The molecule has 0 atom stereocenters. The number of benzene rings is 2.